The number of benzene rings is 1. The molecule has 1 N–H and O–H groups in total. The van der Waals surface area contributed by atoms with E-state index in [1.807, 2.05) is 0 Å². The number of aromatic nitrogens is 1. The summed E-state index contributed by atoms with van der Waals surface area (Å²) in [5.74, 6) is -0.150. The van der Waals surface area contributed by atoms with Gasteiger partial charge >= 0.3 is 0 Å². The quantitative estimate of drug-likeness (QED) is 0.794. The highest BCUT2D eigenvalue weighted by molar-refractivity contribution is 6.43. The summed E-state index contributed by atoms with van der Waals surface area (Å²) in [7, 11) is 0. The Morgan fingerprint density at radius 3 is 2.47 bits per heavy atom. The first kappa shape index (κ1) is 12.4. The molecule has 6 heteroatoms. The second-order valence-electron chi connectivity index (χ2n) is 3.20. The number of nitrogens with zero attached hydrogens (tertiary/aromatic N) is 1. The van der Waals surface area contributed by atoms with E-state index in [9.17, 15) is 4.39 Å². The Morgan fingerprint density at radius 2 is 1.76 bits per heavy atom. The summed E-state index contributed by atoms with van der Waals surface area (Å²) in [6.45, 7) is 0. The predicted octanol–water partition coefficient (Wildman–Crippen LogP) is 4.92. The molecule has 2 rings (SSSR count). The van der Waals surface area contributed by atoms with E-state index < -0.39 is 5.82 Å². The van der Waals surface area contributed by atoms with Gasteiger partial charge in [-0.25, -0.2) is 9.37 Å². The molecule has 1 aromatic heterocycles. The molecule has 0 atom stereocenters. The zero-order chi connectivity index (χ0) is 12.4. The maximum Gasteiger partial charge on any atom is 0.151 e. The highest BCUT2D eigenvalue weighted by atomic mass is 35.5. The van der Waals surface area contributed by atoms with Gasteiger partial charge in [0.25, 0.3) is 0 Å². The zero-order valence-corrected chi connectivity index (χ0v) is 10.6. The van der Waals surface area contributed by atoms with Crippen LogP contribution < -0.4 is 5.32 Å². The molecule has 0 radical (unpaired) electrons. The van der Waals surface area contributed by atoms with Crippen LogP contribution in [0, 0.1) is 5.82 Å². The van der Waals surface area contributed by atoms with Crippen molar-refractivity contribution in [3.63, 3.8) is 0 Å². The highest BCUT2D eigenvalue weighted by Gasteiger charge is 2.09. The number of halogens is 4. The van der Waals surface area contributed by atoms with Crippen molar-refractivity contribution in [1.82, 2.24) is 4.98 Å². The van der Waals surface area contributed by atoms with Gasteiger partial charge < -0.3 is 5.32 Å². The van der Waals surface area contributed by atoms with Gasteiger partial charge in [-0.1, -0.05) is 46.9 Å². The Balaban J connectivity index is 2.37. The SMILES string of the molecule is Fc1ccccc1Nc1nc(Cl)c(Cl)cc1Cl. The van der Waals surface area contributed by atoms with Crippen LogP contribution in [0.1, 0.15) is 0 Å². The molecule has 2 nitrogen and oxygen atoms in total. The molecule has 0 saturated heterocycles. The van der Waals surface area contributed by atoms with Crippen LogP contribution in [0.15, 0.2) is 30.3 Å². The minimum Gasteiger partial charge on any atom is -0.337 e. The van der Waals surface area contributed by atoms with Crippen molar-refractivity contribution in [3.05, 3.63) is 51.3 Å². The Hall–Kier alpha value is -1.03. The summed E-state index contributed by atoms with van der Waals surface area (Å²) < 4.78 is 13.4. The van der Waals surface area contributed by atoms with E-state index in [1.165, 1.54) is 12.1 Å². The lowest BCUT2D eigenvalue weighted by Gasteiger charge is -2.09. The summed E-state index contributed by atoms with van der Waals surface area (Å²) >= 11 is 17.4. The molecule has 2 aromatic rings. The molecular formula is C11H6Cl3FN2. The first-order chi connectivity index (χ1) is 8.08. The number of anilines is 2. The number of hydrogen-bond donors (Lipinski definition) is 1. The predicted molar refractivity (Wildman–Crippen MR) is 68.9 cm³/mol. The lowest BCUT2D eigenvalue weighted by Crippen LogP contribution is -1.97. The van der Waals surface area contributed by atoms with Crippen molar-refractivity contribution in [2.24, 2.45) is 0 Å². The van der Waals surface area contributed by atoms with E-state index in [2.05, 4.69) is 10.3 Å². The molecule has 0 fully saturated rings. The fourth-order valence-electron chi connectivity index (χ4n) is 1.22. The monoisotopic (exact) mass is 290 g/mol. The Bertz CT molecular complexity index is 560. The van der Waals surface area contributed by atoms with E-state index in [0.717, 1.165) is 0 Å². The normalized spacial score (nSPS) is 10.4. The molecule has 0 amide bonds. The molecule has 0 unspecified atom stereocenters. The third kappa shape index (κ3) is 2.80. The maximum atomic E-state index is 13.4. The van der Waals surface area contributed by atoms with Gasteiger partial charge in [-0.2, -0.15) is 0 Å². The summed E-state index contributed by atoms with van der Waals surface area (Å²) in [6, 6.07) is 7.62. The van der Waals surface area contributed by atoms with Crippen molar-refractivity contribution in [1.29, 1.82) is 0 Å². The van der Waals surface area contributed by atoms with Gasteiger partial charge in [0.2, 0.25) is 0 Å². The molecule has 1 aromatic carbocycles. The molecule has 0 aliphatic heterocycles. The topological polar surface area (TPSA) is 24.9 Å². The number of pyridine rings is 1. The van der Waals surface area contributed by atoms with Gasteiger partial charge in [0.15, 0.2) is 5.82 Å². The molecule has 88 valence electrons. The maximum absolute atomic E-state index is 13.4. The Labute approximate surface area is 112 Å². The third-order valence-corrected chi connectivity index (χ3v) is 2.97. The van der Waals surface area contributed by atoms with Crippen molar-refractivity contribution in [3.8, 4) is 0 Å². The number of hydrogen-bond acceptors (Lipinski definition) is 2. The molecular weight excluding hydrogens is 285 g/mol. The van der Waals surface area contributed by atoms with Crippen LogP contribution in [0.5, 0.6) is 0 Å². The fraction of sp³-hybridized carbons (Fsp3) is 0. The molecule has 0 spiro atoms. The number of para-hydroxylation sites is 1. The molecule has 1 heterocycles. The van der Waals surface area contributed by atoms with Crippen LogP contribution in [0.4, 0.5) is 15.9 Å². The summed E-state index contributed by atoms with van der Waals surface area (Å²) in [4.78, 5) is 3.93. The molecule has 0 saturated carbocycles. The lowest BCUT2D eigenvalue weighted by atomic mass is 10.3. The second kappa shape index (κ2) is 5.08. The van der Waals surface area contributed by atoms with E-state index >= 15 is 0 Å². The minimum atomic E-state index is -0.406. The molecule has 0 aliphatic carbocycles. The standard InChI is InChI=1S/C11H6Cl3FN2/c12-6-5-7(13)11(17-10(6)14)16-9-4-2-1-3-8(9)15/h1-5H,(H,16,17). The van der Waals surface area contributed by atoms with Crippen LogP contribution in [0.25, 0.3) is 0 Å². The Kier molecular flexibility index (Phi) is 3.72. The van der Waals surface area contributed by atoms with Gasteiger partial charge in [-0.3, -0.25) is 0 Å². The summed E-state index contributed by atoms with van der Waals surface area (Å²) in [5, 5.41) is 3.37. The van der Waals surface area contributed by atoms with Gasteiger partial charge in [-0.15, -0.1) is 0 Å². The average Bonchev–Trinajstić information content (AvgIpc) is 2.29. The van der Waals surface area contributed by atoms with Gasteiger partial charge in [-0.05, 0) is 18.2 Å². The summed E-state index contributed by atoms with van der Waals surface area (Å²) in [6.07, 6.45) is 0. The average molecular weight is 292 g/mol. The molecule has 0 aliphatic rings. The van der Waals surface area contributed by atoms with Crippen molar-refractivity contribution in [2.75, 3.05) is 5.32 Å². The van der Waals surface area contributed by atoms with Gasteiger partial charge in [0.1, 0.15) is 11.0 Å². The Morgan fingerprint density at radius 1 is 1.06 bits per heavy atom. The summed E-state index contributed by atoms with van der Waals surface area (Å²) in [5.41, 5.74) is 0.264. The number of nitrogens with one attached hydrogen (secondary N) is 1. The first-order valence-corrected chi connectivity index (χ1v) is 5.74. The van der Waals surface area contributed by atoms with Crippen molar-refractivity contribution < 1.29 is 4.39 Å². The second-order valence-corrected chi connectivity index (χ2v) is 4.37. The number of rotatable bonds is 2. The van der Waals surface area contributed by atoms with E-state index in [0.29, 0.717) is 0 Å². The van der Waals surface area contributed by atoms with Crippen LogP contribution >= 0.6 is 34.8 Å². The minimum absolute atomic E-state index is 0.106. The molecule has 17 heavy (non-hydrogen) atoms. The highest BCUT2D eigenvalue weighted by Crippen LogP contribution is 2.31. The first-order valence-electron chi connectivity index (χ1n) is 4.61. The van der Waals surface area contributed by atoms with Crippen molar-refractivity contribution in [2.45, 2.75) is 0 Å². The smallest absolute Gasteiger partial charge is 0.151 e. The van der Waals surface area contributed by atoms with Crippen LogP contribution in [-0.2, 0) is 0 Å². The lowest BCUT2D eigenvalue weighted by molar-refractivity contribution is 0.632. The van der Waals surface area contributed by atoms with Crippen molar-refractivity contribution >= 4 is 46.3 Å². The van der Waals surface area contributed by atoms with Crippen LogP contribution in [0.3, 0.4) is 0 Å². The largest absolute Gasteiger partial charge is 0.337 e. The molecule has 0 bridgehead atoms. The third-order valence-electron chi connectivity index (χ3n) is 2.01. The van der Waals surface area contributed by atoms with E-state index in [1.54, 1.807) is 18.2 Å². The van der Waals surface area contributed by atoms with Crippen LogP contribution in [-0.4, -0.2) is 4.98 Å². The van der Waals surface area contributed by atoms with E-state index in [-0.39, 0.29) is 26.7 Å². The fourth-order valence-corrected chi connectivity index (χ4v) is 1.77. The van der Waals surface area contributed by atoms with Gasteiger partial charge in [0.05, 0.1) is 15.7 Å². The van der Waals surface area contributed by atoms with Crippen LogP contribution in [0.2, 0.25) is 15.2 Å². The van der Waals surface area contributed by atoms with Gasteiger partial charge in [0, 0.05) is 0 Å². The van der Waals surface area contributed by atoms with E-state index in [4.69, 9.17) is 34.8 Å². The zero-order valence-electron chi connectivity index (χ0n) is 8.35.